The summed E-state index contributed by atoms with van der Waals surface area (Å²) in [5.41, 5.74) is 0.740. The third kappa shape index (κ3) is 3.64. The second-order valence-electron chi connectivity index (χ2n) is 11.9. The number of carboxylic acids is 1. The molecule has 0 aromatic rings. The van der Waals surface area contributed by atoms with Gasteiger partial charge in [0.2, 0.25) is 0 Å². The fourth-order valence-electron chi connectivity index (χ4n) is 9.14. The van der Waals surface area contributed by atoms with Crippen molar-refractivity contribution in [3.63, 3.8) is 0 Å². The van der Waals surface area contributed by atoms with Crippen molar-refractivity contribution in [2.75, 3.05) is 6.61 Å². The molecular formula is C26H44O4. The number of hydrogen-bond donors (Lipinski definition) is 2. The second-order valence-corrected chi connectivity index (χ2v) is 11.9. The quantitative estimate of drug-likeness (QED) is 0.527. The van der Waals surface area contributed by atoms with Crippen molar-refractivity contribution in [1.29, 1.82) is 0 Å². The maximum Gasteiger partial charge on any atom is 0.303 e. The number of aliphatic hydroxyl groups is 1. The summed E-state index contributed by atoms with van der Waals surface area (Å²) in [7, 11) is 0. The van der Waals surface area contributed by atoms with Crippen LogP contribution in [0.4, 0.5) is 0 Å². The first kappa shape index (κ1) is 22.6. The maximum absolute atomic E-state index is 11.1. The third-order valence-electron chi connectivity index (χ3n) is 10.7. The average Bonchev–Trinajstić information content (AvgIpc) is 3.04. The van der Waals surface area contributed by atoms with Crippen LogP contribution >= 0.6 is 0 Å². The standard InChI is InChI=1S/C26H44O4/c1-5-30-26(29)15-14-24(3)18(16-26)7-8-19-21-10-9-20(17(2)6-11-23(27)28)25(21,4)13-12-22(19)24/h17-22,29H,5-16H2,1-4H3,(H,27,28)/t17-,18-,19?,20-,21+,22+,24+,25-,26+/m1/s1. The molecule has 4 fully saturated rings. The lowest BCUT2D eigenvalue weighted by Gasteiger charge is -2.62. The van der Waals surface area contributed by atoms with Crippen molar-refractivity contribution in [3.05, 3.63) is 0 Å². The van der Waals surface area contributed by atoms with Crippen molar-refractivity contribution in [2.45, 2.75) is 104 Å². The van der Waals surface area contributed by atoms with Crippen molar-refractivity contribution in [3.8, 4) is 0 Å². The first-order valence-electron chi connectivity index (χ1n) is 12.7. The largest absolute Gasteiger partial charge is 0.481 e. The van der Waals surface area contributed by atoms with Gasteiger partial charge in [0, 0.05) is 25.9 Å². The molecule has 4 aliphatic carbocycles. The van der Waals surface area contributed by atoms with Gasteiger partial charge in [-0.3, -0.25) is 4.79 Å². The van der Waals surface area contributed by atoms with Crippen LogP contribution in [0.2, 0.25) is 0 Å². The molecule has 0 aliphatic heterocycles. The van der Waals surface area contributed by atoms with Crippen molar-refractivity contribution in [1.82, 2.24) is 0 Å². The van der Waals surface area contributed by atoms with Gasteiger partial charge in [0.15, 0.2) is 5.79 Å². The van der Waals surface area contributed by atoms with Crippen molar-refractivity contribution < 1.29 is 19.7 Å². The Morgan fingerprint density at radius 1 is 1.03 bits per heavy atom. The van der Waals surface area contributed by atoms with Gasteiger partial charge in [0.05, 0.1) is 0 Å². The summed E-state index contributed by atoms with van der Waals surface area (Å²) in [5, 5.41) is 20.1. The number of carbonyl (C=O) groups is 1. The summed E-state index contributed by atoms with van der Waals surface area (Å²) in [6.45, 7) is 9.96. The van der Waals surface area contributed by atoms with E-state index in [1.807, 2.05) is 6.92 Å². The molecule has 0 amide bonds. The van der Waals surface area contributed by atoms with Crippen LogP contribution in [0.15, 0.2) is 0 Å². The van der Waals surface area contributed by atoms with E-state index < -0.39 is 11.8 Å². The van der Waals surface area contributed by atoms with Crippen LogP contribution in [0, 0.1) is 46.3 Å². The lowest BCUT2D eigenvalue weighted by molar-refractivity contribution is -0.257. The highest BCUT2D eigenvalue weighted by Gasteiger charge is 2.61. The van der Waals surface area contributed by atoms with Gasteiger partial charge in [-0.1, -0.05) is 20.8 Å². The number of ether oxygens (including phenoxy) is 1. The predicted molar refractivity (Wildman–Crippen MR) is 118 cm³/mol. The zero-order valence-corrected chi connectivity index (χ0v) is 19.7. The molecule has 4 aliphatic rings. The first-order chi connectivity index (χ1) is 14.1. The minimum absolute atomic E-state index is 0.312. The minimum atomic E-state index is -0.896. The second kappa shape index (κ2) is 8.06. The Kier molecular flexibility index (Phi) is 6.07. The van der Waals surface area contributed by atoms with Crippen LogP contribution in [0.1, 0.15) is 98.3 Å². The Morgan fingerprint density at radius 2 is 1.77 bits per heavy atom. The Hall–Kier alpha value is -0.610. The van der Waals surface area contributed by atoms with Gasteiger partial charge < -0.3 is 14.9 Å². The molecule has 0 heterocycles. The van der Waals surface area contributed by atoms with E-state index >= 15 is 0 Å². The smallest absolute Gasteiger partial charge is 0.303 e. The number of carboxylic acid groups (broad SMARTS) is 1. The van der Waals surface area contributed by atoms with Crippen LogP contribution in [0.3, 0.4) is 0 Å². The summed E-state index contributed by atoms with van der Waals surface area (Å²) in [5.74, 6) is 2.64. The molecule has 0 saturated heterocycles. The number of aliphatic carboxylic acids is 1. The molecule has 9 atom stereocenters. The number of hydrogen-bond acceptors (Lipinski definition) is 3. The summed E-state index contributed by atoms with van der Waals surface area (Å²) < 4.78 is 5.78. The summed E-state index contributed by atoms with van der Waals surface area (Å²) in [4.78, 5) is 11.1. The van der Waals surface area contributed by atoms with Gasteiger partial charge in [0.25, 0.3) is 0 Å². The molecule has 4 saturated carbocycles. The topological polar surface area (TPSA) is 66.8 Å². The van der Waals surface area contributed by atoms with E-state index in [2.05, 4.69) is 20.8 Å². The van der Waals surface area contributed by atoms with Crippen LogP contribution in [-0.2, 0) is 9.53 Å². The summed E-state index contributed by atoms with van der Waals surface area (Å²) >= 11 is 0. The lowest BCUT2D eigenvalue weighted by atomic mass is 9.44. The highest BCUT2D eigenvalue weighted by Crippen LogP contribution is 2.68. The fourth-order valence-corrected chi connectivity index (χ4v) is 9.14. The first-order valence-corrected chi connectivity index (χ1v) is 12.7. The van der Waals surface area contributed by atoms with Gasteiger partial charge >= 0.3 is 5.97 Å². The molecule has 0 spiro atoms. The molecule has 30 heavy (non-hydrogen) atoms. The molecule has 0 aromatic heterocycles. The lowest BCUT2D eigenvalue weighted by Crippen LogP contribution is -2.56. The molecule has 2 N–H and O–H groups in total. The Balaban J connectivity index is 1.49. The van der Waals surface area contributed by atoms with Crippen LogP contribution in [0.5, 0.6) is 0 Å². The molecular weight excluding hydrogens is 376 g/mol. The molecule has 4 nitrogen and oxygen atoms in total. The number of fused-ring (bicyclic) bond motifs is 5. The van der Waals surface area contributed by atoms with E-state index in [9.17, 15) is 9.90 Å². The van der Waals surface area contributed by atoms with Gasteiger partial charge in [-0.15, -0.1) is 0 Å². The van der Waals surface area contributed by atoms with Gasteiger partial charge in [0.1, 0.15) is 0 Å². The zero-order chi connectivity index (χ0) is 21.7. The molecule has 1 unspecified atom stereocenters. The van der Waals surface area contributed by atoms with E-state index in [1.165, 1.54) is 38.5 Å². The van der Waals surface area contributed by atoms with Crippen LogP contribution < -0.4 is 0 Å². The van der Waals surface area contributed by atoms with E-state index in [4.69, 9.17) is 9.84 Å². The Morgan fingerprint density at radius 3 is 2.47 bits per heavy atom. The van der Waals surface area contributed by atoms with E-state index in [-0.39, 0.29) is 0 Å². The van der Waals surface area contributed by atoms with Crippen LogP contribution in [-0.4, -0.2) is 28.6 Å². The molecule has 172 valence electrons. The Bertz CT molecular complexity index is 649. The third-order valence-corrected chi connectivity index (χ3v) is 10.7. The predicted octanol–water partition coefficient (Wildman–Crippen LogP) is 5.87. The van der Waals surface area contributed by atoms with E-state index in [1.54, 1.807) is 0 Å². The minimum Gasteiger partial charge on any atom is -0.481 e. The van der Waals surface area contributed by atoms with Crippen molar-refractivity contribution in [2.24, 2.45) is 46.3 Å². The molecule has 0 radical (unpaired) electrons. The monoisotopic (exact) mass is 420 g/mol. The SMILES string of the molecule is CCO[C@@]1(O)CC[C@@]2(C)[C@H](CCC3[C@@H]2CC[C@]2(C)[C@@H]([C@H](C)CCC(=O)O)CC[C@@H]32)C1. The molecule has 0 aromatic carbocycles. The molecule has 0 bridgehead atoms. The fraction of sp³-hybridized carbons (Fsp3) is 0.962. The summed E-state index contributed by atoms with van der Waals surface area (Å²) in [6.07, 6.45) is 11.6. The number of rotatable bonds is 6. The van der Waals surface area contributed by atoms with E-state index in [0.29, 0.717) is 41.6 Å². The highest BCUT2D eigenvalue weighted by molar-refractivity contribution is 5.66. The van der Waals surface area contributed by atoms with Gasteiger partial charge in [-0.2, -0.15) is 0 Å². The maximum atomic E-state index is 11.1. The van der Waals surface area contributed by atoms with Gasteiger partial charge in [-0.05, 0) is 105 Å². The Labute approximate surface area is 183 Å². The van der Waals surface area contributed by atoms with Gasteiger partial charge in [-0.25, -0.2) is 0 Å². The normalized spacial score (nSPS) is 49.0. The molecule has 4 heteroatoms. The van der Waals surface area contributed by atoms with Crippen LogP contribution in [0.25, 0.3) is 0 Å². The zero-order valence-electron chi connectivity index (χ0n) is 19.7. The molecule has 4 rings (SSSR count). The summed E-state index contributed by atoms with van der Waals surface area (Å²) in [6, 6.07) is 0. The van der Waals surface area contributed by atoms with Crippen molar-refractivity contribution >= 4 is 5.97 Å². The highest BCUT2D eigenvalue weighted by atomic mass is 16.6. The average molecular weight is 421 g/mol. The van der Waals surface area contributed by atoms with E-state index in [0.717, 1.165) is 43.4 Å².